The van der Waals surface area contributed by atoms with Crippen LogP contribution in [0.15, 0.2) is 59.6 Å². The summed E-state index contributed by atoms with van der Waals surface area (Å²) in [6.45, 7) is 2.28. The zero-order valence-electron chi connectivity index (χ0n) is 11.5. The largest absolute Gasteiger partial charge is 0.450 e. The van der Waals surface area contributed by atoms with Crippen molar-refractivity contribution in [1.82, 2.24) is 0 Å². The Morgan fingerprint density at radius 3 is 2.33 bits per heavy atom. The average molecular weight is 304 g/mol. The van der Waals surface area contributed by atoms with Crippen LogP contribution in [-0.2, 0) is 4.74 Å². The normalized spacial score (nSPS) is 11.0. The Labute approximate surface area is 128 Å². The summed E-state index contributed by atoms with van der Waals surface area (Å²) in [5.74, 6) is 0.636. The molecule has 0 aliphatic rings. The molecule has 2 rings (SSSR count). The number of benzene rings is 2. The smallest absolute Gasteiger partial charge is 0.394 e. The van der Waals surface area contributed by atoms with Crippen LogP contribution in [0, 0.1) is 0 Å². The molecule has 5 heteroatoms. The summed E-state index contributed by atoms with van der Waals surface area (Å²) in [6.07, 6.45) is 0.147. The quantitative estimate of drug-likeness (QED) is 0.484. The fourth-order valence-corrected chi connectivity index (χ4v) is 1.70. The van der Waals surface area contributed by atoms with Crippen LogP contribution in [0.3, 0.4) is 0 Å². The van der Waals surface area contributed by atoms with Crippen molar-refractivity contribution in [3.05, 3.63) is 60.2 Å². The van der Waals surface area contributed by atoms with E-state index in [1.165, 1.54) is 0 Å². The van der Waals surface area contributed by atoms with Crippen LogP contribution >= 0.6 is 11.6 Å². The highest BCUT2D eigenvalue weighted by Gasteiger charge is 2.05. The lowest BCUT2D eigenvalue weighted by Crippen LogP contribution is -2.12. The Bertz CT molecular complexity index is 624. The van der Waals surface area contributed by atoms with Gasteiger partial charge in [0.25, 0.3) is 5.24 Å². The molecule has 0 N–H and O–H groups in total. The molecule has 0 unspecified atom stereocenters. The number of para-hydroxylation sites is 1. The zero-order valence-corrected chi connectivity index (χ0v) is 12.2. The van der Waals surface area contributed by atoms with Gasteiger partial charge in [0.1, 0.15) is 5.75 Å². The van der Waals surface area contributed by atoms with Crippen LogP contribution in [0.25, 0.3) is 0 Å². The standard InChI is InChI=1S/C16H14ClNO3/c1-2-20-16(21-14-6-4-3-5-7-14)18-13-10-8-12(9-11-13)15(17)19/h3-11H,2H2,1H3. The predicted molar refractivity (Wildman–Crippen MR) is 82.4 cm³/mol. The minimum absolute atomic E-state index is 0.147. The van der Waals surface area contributed by atoms with Gasteiger partial charge in [-0.15, -0.1) is 0 Å². The highest BCUT2D eigenvalue weighted by atomic mass is 35.5. The lowest BCUT2D eigenvalue weighted by Gasteiger charge is -2.08. The van der Waals surface area contributed by atoms with Gasteiger partial charge < -0.3 is 9.47 Å². The van der Waals surface area contributed by atoms with Gasteiger partial charge in [0.2, 0.25) is 0 Å². The van der Waals surface area contributed by atoms with Crippen molar-refractivity contribution in [2.24, 2.45) is 4.99 Å². The van der Waals surface area contributed by atoms with Gasteiger partial charge in [0.05, 0.1) is 12.3 Å². The Kier molecular flexibility index (Phi) is 5.35. The fraction of sp³-hybridized carbons (Fsp3) is 0.125. The van der Waals surface area contributed by atoms with Gasteiger partial charge in [-0.05, 0) is 54.9 Å². The third kappa shape index (κ3) is 4.61. The summed E-state index contributed by atoms with van der Waals surface area (Å²) in [5.41, 5.74) is 1.02. The van der Waals surface area contributed by atoms with E-state index in [0.717, 1.165) is 0 Å². The Morgan fingerprint density at radius 2 is 1.76 bits per heavy atom. The number of hydrogen-bond donors (Lipinski definition) is 0. The van der Waals surface area contributed by atoms with Gasteiger partial charge in [-0.25, -0.2) is 0 Å². The van der Waals surface area contributed by atoms with Crippen molar-refractivity contribution in [2.45, 2.75) is 6.92 Å². The molecule has 2 aromatic rings. The van der Waals surface area contributed by atoms with Crippen molar-refractivity contribution in [3.8, 4) is 5.75 Å². The van der Waals surface area contributed by atoms with Gasteiger partial charge in [-0.1, -0.05) is 18.2 Å². The SMILES string of the molecule is CCOC(=Nc1ccc(C(=O)Cl)cc1)Oc1ccccc1. The van der Waals surface area contributed by atoms with E-state index >= 15 is 0 Å². The number of aliphatic imine (C=N–C) groups is 1. The molecule has 4 nitrogen and oxygen atoms in total. The first kappa shape index (κ1) is 15.1. The second-order valence-electron chi connectivity index (χ2n) is 4.05. The van der Waals surface area contributed by atoms with Crippen LogP contribution in [0.5, 0.6) is 5.75 Å². The molecule has 0 heterocycles. The highest BCUT2D eigenvalue weighted by Crippen LogP contribution is 2.16. The van der Waals surface area contributed by atoms with Crippen LogP contribution < -0.4 is 4.74 Å². The van der Waals surface area contributed by atoms with Crippen LogP contribution in [0.1, 0.15) is 17.3 Å². The molecular weight excluding hydrogens is 290 g/mol. The molecule has 0 atom stereocenters. The van der Waals surface area contributed by atoms with Crippen molar-refractivity contribution in [2.75, 3.05) is 6.61 Å². The topological polar surface area (TPSA) is 47.9 Å². The van der Waals surface area contributed by atoms with Crippen LogP contribution in [0.2, 0.25) is 0 Å². The summed E-state index contributed by atoms with van der Waals surface area (Å²) >= 11 is 5.39. The van der Waals surface area contributed by atoms with Crippen molar-refractivity contribution in [1.29, 1.82) is 0 Å². The molecule has 21 heavy (non-hydrogen) atoms. The summed E-state index contributed by atoms with van der Waals surface area (Å²) in [6, 6.07) is 15.8. The summed E-state index contributed by atoms with van der Waals surface area (Å²) in [4.78, 5) is 15.3. The van der Waals surface area contributed by atoms with E-state index in [1.807, 2.05) is 37.3 Å². The second kappa shape index (κ2) is 7.45. The third-order valence-electron chi connectivity index (χ3n) is 2.53. The molecule has 0 saturated heterocycles. The van der Waals surface area contributed by atoms with Gasteiger partial charge in [0, 0.05) is 5.56 Å². The summed E-state index contributed by atoms with van der Waals surface area (Å²) in [7, 11) is 0. The third-order valence-corrected chi connectivity index (χ3v) is 2.75. The van der Waals surface area contributed by atoms with E-state index < -0.39 is 5.24 Å². The Hall–Kier alpha value is -2.33. The van der Waals surface area contributed by atoms with Gasteiger partial charge >= 0.3 is 6.08 Å². The maximum atomic E-state index is 11.0. The molecule has 0 aliphatic carbocycles. The first-order chi connectivity index (χ1) is 10.2. The molecule has 0 radical (unpaired) electrons. The number of nitrogens with zero attached hydrogens (tertiary/aromatic N) is 1. The highest BCUT2D eigenvalue weighted by molar-refractivity contribution is 6.67. The number of hydrogen-bond acceptors (Lipinski definition) is 4. The molecule has 0 saturated carbocycles. The minimum atomic E-state index is -0.504. The van der Waals surface area contributed by atoms with Gasteiger partial charge in [-0.2, -0.15) is 4.99 Å². The van der Waals surface area contributed by atoms with E-state index in [9.17, 15) is 4.79 Å². The predicted octanol–water partition coefficient (Wildman–Crippen LogP) is 4.17. The lowest BCUT2D eigenvalue weighted by molar-refractivity contribution is 0.108. The maximum Gasteiger partial charge on any atom is 0.394 e. The number of halogens is 1. The monoisotopic (exact) mass is 303 g/mol. The maximum absolute atomic E-state index is 11.0. The van der Waals surface area contributed by atoms with Crippen molar-refractivity contribution in [3.63, 3.8) is 0 Å². The summed E-state index contributed by atoms with van der Waals surface area (Å²) < 4.78 is 10.9. The molecule has 108 valence electrons. The van der Waals surface area contributed by atoms with Crippen LogP contribution in [0.4, 0.5) is 5.69 Å². The van der Waals surface area contributed by atoms with Crippen molar-refractivity contribution >= 4 is 28.6 Å². The van der Waals surface area contributed by atoms with E-state index in [4.69, 9.17) is 21.1 Å². The molecule has 0 bridgehead atoms. The Balaban J connectivity index is 2.18. The average Bonchev–Trinajstić information content (AvgIpc) is 2.49. The van der Waals surface area contributed by atoms with E-state index in [0.29, 0.717) is 23.6 Å². The first-order valence-corrected chi connectivity index (χ1v) is 6.81. The van der Waals surface area contributed by atoms with Gasteiger partial charge in [0.15, 0.2) is 0 Å². The Morgan fingerprint density at radius 1 is 1.10 bits per heavy atom. The number of ether oxygens (including phenoxy) is 2. The number of carbonyl (C=O) groups excluding carboxylic acids is 1. The molecule has 0 aromatic heterocycles. The molecule has 0 spiro atoms. The van der Waals surface area contributed by atoms with Crippen molar-refractivity contribution < 1.29 is 14.3 Å². The fourth-order valence-electron chi connectivity index (χ4n) is 1.57. The molecule has 0 aliphatic heterocycles. The van der Waals surface area contributed by atoms with Gasteiger partial charge in [-0.3, -0.25) is 4.79 Å². The number of carbonyl (C=O) groups is 1. The zero-order chi connectivity index (χ0) is 15.1. The molecule has 0 fully saturated rings. The van der Waals surface area contributed by atoms with E-state index in [2.05, 4.69) is 4.99 Å². The number of rotatable bonds is 4. The molecule has 2 aromatic carbocycles. The molecule has 0 amide bonds. The van der Waals surface area contributed by atoms with E-state index in [1.54, 1.807) is 24.3 Å². The summed E-state index contributed by atoms with van der Waals surface area (Å²) in [5, 5.41) is -0.504. The van der Waals surface area contributed by atoms with E-state index in [-0.39, 0.29) is 6.08 Å². The first-order valence-electron chi connectivity index (χ1n) is 6.43. The lowest BCUT2D eigenvalue weighted by atomic mass is 10.2. The molecular formula is C16H14ClNO3. The minimum Gasteiger partial charge on any atom is -0.450 e. The second-order valence-corrected chi connectivity index (χ2v) is 4.39. The van der Waals surface area contributed by atoms with Crippen LogP contribution in [-0.4, -0.2) is 17.9 Å².